The summed E-state index contributed by atoms with van der Waals surface area (Å²) in [5.41, 5.74) is 0.959. The number of amides is 1. The zero-order chi connectivity index (χ0) is 18.9. The fraction of sp³-hybridized carbons (Fsp3) is 0.667. The van der Waals surface area contributed by atoms with E-state index in [9.17, 15) is 27.9 Å². The first-order valence-corrected chi connectivity index (χ1v) is 7.68. The van der Waals surface area contributed by atoms with E-state index < -0.39 is 30.6 Å². The van der Waals surface area contributed by atoms with E-state index >= 15 is 0 Å². The van der Waals surface area contributed by atoms with Gasteiger partial charge in [-0.3, -0.25) is 9.48 Å². The van der Waals surface area contributed by atoms with Gasteiger partial charge in [-0.15, -0.1) is 0 Å². The van der Waals surface area contributed by atoms with E-state index in [1.54, 1.807) is 0 Å². The average Bonchev–Trinajstić information content (AvgIpc) is 3.03. The van der Waals surface area contributed by atoms with E-state index in [4.69, 9.17) is 4.74 Å². The van der Waals surface area contributed by atoms with Crippen LogP contribution in [0.1, 0.15) is 23.4 Å². The third kappa shape index (κ3) is 4.30. The van der Waals surface area contributed by atoms with Crippen molar-refractivity contribution < 1.29 is 32.6 Å². The Labute approximate surface area is 142 Å². The summed E-state index contributed by atoms with van der Waals surface area (Å²) in [6.07, 6.45) is -4.81. The maximum absolute atomic E-state index is 12.6. The first-order valence-electron chi connectivity index (χ1n) is 7.68. The second-order valence-electron chi connectivity index (χ2n) is 6.09. The Morgan fingerprint density at radius 1 is 1.36 bits per heavy atom. The van der Waals surface area contributed by atoms with Crippen molar-refractivity contribution in [2.24, 2.45) is 0 Å². The number of carbonyl (C=O) groups is 2. The second-order valence-corrected chi connectivity index (χ2v) is 6.09. The van der Waals surface area contributed by atoms with Gasteiger partial charge in [0.25, 0.3) is 0 Å². The lowest BCUT2D eigenvalue weighted by atomic mass is 10.1. The SMILES string of the molecule is COC1CC(C(=O)O)N(C(=O)Cc2c(C)nn(CC(F)(F)F)c2C)C1. The molecule has 0 saturated carbocycles. The van der Waals surface area contributed by atoms with Gasteiger partial charge in [0.1, 0.15) is 12.6 Å². The van der Waals surface area contributed by atoms with Crippen LogP contribution in [0.25, 0.3) is 0 Å². The van der Waals surface area contributed by atoms with Crippen LogP contribution in [0.3, 0.4) is 0 Å². The Kier molecular flexibility index (Phi) is 5.40. The Morgan fingerprint density at radius 2 is 2.00 bits per heavy atom. The van der Waals surface area contributed by atoms with Crippen molar-refractivity contribution in [2.45, 2.75) is 51.6 Å². The molecule has 1 aromatic heterocycles. The molecule has 10 heteroatoms. The predicted octanol–water partition coefficient (Wildman–Crippen LogP) is 1.31. The van der Waals surface area contributed by atoms with E-state index in [-0.39, 0.29) is 31.2 Å². The largest absolute Gasteiger partial charge is 0.480 e. The number of carbonyl (C=O) groups excluding carboxylic acids is 1. The maximum atomic E-state index is 12.6. The molecule has 140 valence electrons. The van der Waals surface area contributed by atoms with Crippen molar-refractivity contribution in [3.8, 4) is 0 Å². The number of likely N-dealkylation sites (tertiary alicyclic amines) is 1. The molecule has 1 saturated heterocycles. The molecule has 1 N–H and O–H groups in total. The number of carboxylic acids is 1. The first-order chi connectivity index (χ1) is 11.5. The smallest absolute Gasteiger partial charge is 0.408 e. The highest BCUT2D eigenvalue weighted by atomic mass is 19.4. The molecule has 1 fully saturated rings. The van der Waals surface area contributed by atoms with E-state index in [1.165, 1.54) is 25.9 Å². The summed E-state index contributed by atoms with van der Waals surface area (Å²) < 4.78 is 43.7. The molecule has 1 aliphatic heterocycles. The standard InChI is InChI=1S/C15H20F3N3O4/c1-8-11(9(2)21(19-8)7-15(16,17)18)5-13(22)20-6-10(25-3)4-12(20)14(23)24/h10,12H,4-7H2,1-3H3,(H,23,24). The van der Waals surface area contributed by atoms with Crippen LogP contribution in [0, 0.1) is 13.8 Å². The van der Waals surface area contributed by atoms with Crippen LogP contribution in [0.5, 0.6) is 0 Å². The molecule has 0 radical (unpaired) electrons. The summed E-state index contributed by atoms with van der Waals surface area (Å²) in [7, 11) is 1.44. The molecule has 0 aromatic carbocycles. The van der Waals surface area contributed by atoms with Crippen LogP contribution in [0.2, 0.25) is 0 Å². The highest BCUT2D eigenvalue weighted by Gasteiger charge is 2.40. The minimum Gasteiger partial charge on any atom is -0.480 e. The van der Waals surface area contributed by atoms with Crippen LogP contribution in [0.4, 0.5) is 13.2 Å². The lowest BCUT2D eigenvalue weighted by Gasteiger charge is -2.21. The third-order valence-corrected chi connectivity index (χ3v) is 4.39. The molecule has 2 rings (SSSR count). The summed E-state index contributed by atoms with van der Waals surface area (Å²) >= 11 is 0. The minimum absolute atomic E-state index is 0.140. The van der Waals surface area contributed by atoms with Crippen LogP contribution in [-0.2, 0) is 27.3 Å². The Balaban J connectivity index is 2.19. The number of aromatic nitrogens is 2. The van der Waals surface area contributed by atoms with Gasteiger partial charge < -0.3 is 14.7 Å². The van der Waals surface area contributed by atoms with Gasteiger partial charge in [0, 0.05) is 31.3 Å². The van der Waals surface area contributed by atoms with Crippen molar-refractivity contribution in [3.63, 3.8) is 0 Å². The molecular formula is C15H20F3N3O4. The molecule has 7 nitrogen and oxygen atoms in total. The summed E-state index contributed by atoms with van der Waals surface area (Å²) in [5, 5.41) is 13.1. The number of halogens is 3. The number of aryl methyl sites for hydroxylation is 1. The summed E-state index contributed by atoms with van der Waals surface area (Å²) in [5.74, 6) is -1.60. The van der Waals surface area contributed by atoms with E-state index in [1.807, 2.05) is 0 Å². The predicted molar refractivity (Wildman–Crippen MR) is 80.0 cm³/mol. The van der Waals surface area contributed by atoms with Gasteiger partial charge in [0.2, 0.25) is 5.91 Å². The van der Waals surface area contributed by atoms with Crippen molar-refractivity contribution >= 4 is 11.9 Å². The third-order valence-electron chi connectivity index (χ3n) is 4.39. The fourth-order valence-corrected chi connectivity index (χ4v) is 3.04. The van der Waals surface area contributed by atoms with Gasteiger partial charge >= 0.3 is 12.1 Å². The highest BCUT2D eigenvalue weighted by molar-refractivity contribution is 5.86. The lowest BCUT2D eigenvalue weighted by molar-refractivity contribution is -0.148. The molecule has 25 heavy (non-hydrogen) atoms. The van der Waals surface area contributed by atoms with Gasteiger partial charge in [0.05, 0.1) is 18.2 Å². The van der Waals surface area contributed by atoms with Gasteiger partial charge in [-0.05, 0) is 13.8 Å². The number of ether oxygens (including phenoxy) is 1. The molecular weight excluding hydrogens is 343 g/mol. The van der Waals surface area contributed by atoms with E-state index in [0.717, 1.165) is 4.68 Å². The minimum atomic E-state index is -4.42. The zero-order valence-electron chi connectivity index (χ0n) is 14.1. The second kappa shape index (κ2) is 7.03. The number of rotatable bonds is 5. The lowest BCUT2D eigenvalue weighted by Crippen LogP contribution is -2.41. The van der Waals surface area contributed by atoms with Crippen LogP contribution < -0.4 is 0 Å². The topological polar surface area (TPSA) is 84.7 Å². The van der Waals surface area contributed by atoms with Crippen LogP contribution >= 0.6 is 0 Å². The maximum Gasteiger partial charge on any atom is 0.408 e. The van der Waals surface area contributed by atoms with Gasteiger partial charge in [0.15, 0.2) is 0 Å². The van der Waals surface area contributed by atoms with Crippen LogP contribution in [-0.4, -0.2) is 63.6 Å². The average molecular weight is 363 g/mol. The molecule has 0 bridgehead atoms. The molecule has 0 aliphatic carbocycles. The zero-order valence-corrected chi connectivity index (χ0v) is 14.1. The van der Waals surface area contributed by atoms with Gasteiger partial charge in [-0.1, -0.05) is 0 Å². The molecule has 2 unspecified atom stereocenters. The Hall–Kier alpha value is -2.10. The Bertz CT molecular complexity index is 672. The molecule has 1 amide bonds. The molecule has 0 spiro atoms. The van der Waals surface area contributed by atoms with Gasteiger partial charge in [-0.2, -0.15) is 18.3 Å². The fourth-order valence-electron chi connectivity index (χ4n) is 3.04. The molecule has 1 aromatic rings. The number of nitrogens with zero attached hydrogens (tertiary/aromatic N) is 3. The number of hydrogen-bond donors (Lipinski definition) is 1. The summed E-state index contributed by atoms with van der Waals surface area (Å²) in [6, 6.07) is -0.997. The number of hydrogen-bond acceptors (Lipinski definition) is 4. The van der Waals surface area contributed by atoms with E-state index in [2.05, 4.69) is 5.10 Å². The number of methoxy groups -OCH3 is 1. The highest BCUT2D eigenvalue weighted by Crippen LogP contribution is 2.24. The number of alkyl halides is 3. The van der Waals surface area contributed by atoms with Crippen molar-refractivity contribution in [1.82, 2.24) is 14.7 Å². The molecule has 2 heterocycles. The van der Waals surface area contributed by atoms with Crippen molar-refractivity contribution in [2.75, 3.05) is 13.7 Å². The molecule has 1 aliphatic rings. The van der Waals surface area contributed by atoms with Gasteiger partial charge in [-0.25, -0.2) is 4.79 Å². The normalized spacial score (nSPS) is 21.0. The van der Waals surface area contributed by atoms with Crippen LogP contribution in [0.15, 0.2) is 0 Å². The molecule has 2 atom stereocenters. The quantitative estimate of drug-likeness (QED) is 0.853. The Morgan fingerprint density at radius 3 is 2.52 bits per heavy atom. The first kappa shape index (κ1) is 19.2. The number of aliphatic carboxylic acids is 1. The summed E-state index contributed by atoms with van der Waals surface area (Å²) in [6.45, 7) is 1.90. The van der Waals surface area contributed by atoms with E-state index in [0.29, 0.717) is 11.3 Å². The monoisotopic (exact) mass is 363 g/mol. The summed E-state index contributed by atoms with van der Waals surface area (Å²) in [4.78, 5) is 25.1. The van der Waals surface area contributed by atoms with Crippen molar-refractivity contribution in [1.29, 1.82) is 0 Å². The number of carboxylic acid groups (broad SMARTS) is 1. The van der Waals surface area contributed by atoms with Crippen molar-refractivity contribution in [3.05, 3.63) is 17.0 Å².